The van der Waals surface area contributed by atoms with Crippen molar-refractivity contribution in [2.75, 3.05) is 14.2 Å². The molecule has 8 heteroatoms. The molecule has 2 heterocycles. The highest BCUT2D eigenvalue weighted by atomic mass is 79.9. The Morgan fingerprint density at radius 2 is 1.86 bits per heavy atom. The van der Waals surface area contributed by atoms with Gasteiger partial charge in [0, 0.05) is 39.4 Å². The van der Waals surface area contributed by atoms with Crippen LogP contribution in [0.2, 0.25) is 18.1 Å². The summed E-state index contributed by atoms with van der Waals surface area (Å²) >= 11 is 3.27. The minimum Gasteiger partial charge on any atom is -0.457 e. The van der Waals surface area contributed by atoms with E-state index in [0.29, 0.717) is 19.3 Å². The van der Waals surface area contributed by atoms with Crippen LogP contribution in [-0.2, 0) is 28.2 Å². The van der Waals surface area contributed by atoms with Crippen molar-refractivity contribution >= 4 is 30.2 Å². The van der Waals surface area contributed by atoms with Crippen molar-refractivity contribution in [3.05, 3.63) is 34.9 Å². The van der Waals surface area contributed by atoms with Crippen molar-refractivity contribution in [1.29, 1.82) is 0 Å². The van der Waals surface area contributed by atoms with Gasteiger partial charge in [-0.1, -0.05) is 67.4 Å². The molecule has 1 fully saturated rings. The number of carbonyl (C=O) groups is 1. The van der Waals surface area contributed by atoms with Crippen LogP contribution in [0.3, 0.4) is 0 Å². The third-order valence-electron chi connectivity index (χ3n) is 8.16. The van der Waals surface area contributed by atoms with Crippen molar-refractivity contribution in [3.63, 3.8) is 0 Å². The summed E-state index contributed by atoms with van der Waals surface area (Å²) in [6.07, 6.45) is 8.53. The highest BCUT2D eigenvalue weighted by Gasteiger charge is 2.54. The van der Waals surface area contributed by atoms with E-state index >= 15 is 0 Å². The molecule has 2 aliphatic heterocycles. The number of ether oxygens (including phenoxy) is 4. The quantitative estimate of drug-likeness (QED) is 0.146. The van der Waals surface area contributed by atoms with Gasteiger partial charge in [-0.25, -0.2) is 0 Å². The zero-order valence-electron chi connectivity index (χ0n) is 23.8. The van der Waals surface area contributed by atoms with E-state index in [4.69, 9.17) is 23.4 Å². The normalized spacial score (nSPS) is 36.8. The SMILES string of the molecule is CO[C@@H]1/C=C(\C)C[C@H](/C=C/C=C/Br)OC(=O)[C@@H](C)[C@]2(OC)C[C@H](O[Si](C)(C)C(C)(C)C)[C@@H](C)[C@@H](C1)O2. The maximum absolute atomic E-state index is 13.5. The summed E-state index contributed by atoms with van der Waals surface area (Å²) in [7, 11) is 1.25. The second kappa shape index (κ2) is 12.9. The van der Waals surface area contributed by atoms with Gasteiger partial charge in [-0.05, 0) is 43.0 Å². The van der Waals surface area contributed by atoms with E-state index in [0.717, 1.165) is 5.57 Å². The number of allylic oxidation sites excluding steroid dienone is 2. The van der Waals surface area contributed by atoms with Gasteiger partial charge in [-0.2, -0.15) is 0 Å². The minimum atomic E-state index is -2.09. The molecule has 2 bridgehead atoms. The summed E-state index contributed by atoms with van der Waals surface area (Å²) in [5, 5.41) is 0.0552. The Balaban J connectivity index is 2.54. The molecule has 0 radical (unpaired) electrons. The van der Waals surface area contributed by atoms with Crippen LogP contribution in [0.1, 0.15) is 60.8 Å². The average Bonchev–Trinajstić information content (AvgIpc) is 2.79. The molecule has 0 amide bonds. The van der Waals surface area contributed by atoms with Crippen LogP contribution in [0.5, 0.6) is 0 Å². The number of rotatable bonds is 6. The van der Waals surface area contributed by atoms with E-state index in [2.05, 4.69) is 62.8 Å². The lowest BCUT2D eigenvalue weighted by Crippen LogP contribution is -2.60. The fourth-order valence-corrected chi connectivity index (χ4v) is 6.23. The number of halogens is 1. The molecule has 0 aromatic rings. The number of fused-ring (bicyclic) bond motifs is 2. The van der Waals surface area contributed by atoms with Gasteiger partial charge < -0.3 is 23.4 Å². The predicted molar refractivity (Wildman–Crippen MR) is 151 cm³/mol. The number of carbonyl (C=O) groups excluding carboxylic acids is 1. The number of hydrogen-bond donors (Lipinski definition) is 0. The van der Waals surface area contributed by atoms with Crippen LogP contribution >= 0.6 is 15.9 Å². The molecular weight excluding hydrogens is 540 g/mol. The van der Waals surface area contributed by atoms with Crippen LogP contribution in [0.25, 0.3) is 0 Å². The predicted octanol–water partition coefficient (Wildman–Crippen LogP) is 6.91. The van der Waals surface area contributed by atoms with E-state index < -0.39 is 26.1 Å². The highest BCUT2D eigenvalue weighted by molar-refractivity contribution is 9.11. The molecule has 2 aliphatic rings. The van der Waals surface area contributed by atoms with Crippen molar-refractivity contribution in [2.24, 2.45) is 11.8 Å². The second-order valence-corrected chi connectivity index (χ2v) is 17.1. The van der Waals surface area contributed by atoms with E-state index in [-0.39, 0.29) is 35.2 Å². The van der Waals surface area contributed by atoms with Crippen LogP contribution in [0.15, 0.2) is 34.9 Å². The third kappa shape index (κ3) is 7.64. The molecule has 206 valence electrons. The van der Waals surface area contributed by atoms with Crippen molar-refractivity contribution < 1.29 is 28.2 Å². The number of esters is 1. The van der Waals surface area contributed by atoms with E-state index in [9.17, 15) is 4.79 Å². The summed E-state index contributed by atoms with van der Waals surface area (Å²) in [4.78, 5) is 15.2. The molecule has 0 aromatic carbocycles. The van der Waals surface area contributed by atoms with Gasteiger partial charge in [0.25, 0.3) is 0 Å². The molecule has 7 atom stereocenters. The van der Waals surface area contributed by atoms with Gasteiger partial charge in [0.05, 0.1) is 18.3 Å². The minimum absolute atomic E-state index is 0.0552. The molecule has 6 nitrogen and oxygen atoms in total. The van der Waals surface area contributed by atoms with Crippen LogP contribution in [-0.4, -0.2) is 58.7 Å². The van der Waals surface area contributed by atoms with Gasteiger partial charge in [0.15, 0.2) is 14.1 Å². The Labute approximate surface area is 228 Å². The lowest BCUT2D eigenvalue weighted by atomic mass is 9.81. The van der Waals surface area contributed by atoms with Gasteiger partial charge >= 0.3 is 5.97 Å². The van der Waals surface area contributed by atoms with Crippen molar-refractivity contribution in [2.45, 2.75) is 109 Å². The smallest absolute Gasteiger partial charge is 0.314 e. The molecule has 1 saturated heterocycles. The standard InChI is InChI=1S/C28H47BrO6Si/c1-19-15-22(13-11-12-14-29)33-26(30)21(3)28(32-8)18-25(35-36(9,10)27(4,5)6)20(2)24(34-28)17-23(16-19)31-7/h11-14,16,20-25H,15,17-18H2,1-10H3/b13-11+,14-12+,19-16+/t20-,21+,22-,23+,24+,25-,28-/m0/s1. The first-order chi connectivity index (χ1) is 16.7. The summed E-state index contributed by atoms with van der Waals surface area (Å²) in [6.45, 7) is 17.3. The van der Waals surface area contributed by atoms with Gasteiger partial charge in [-0.15, -0.1) is 0 Å². The Morgan fingerprint density at radius 1 is 1.19 bits per heavy atom. The molecular formula is C28H47BrO6Si. The number of methoxy groups -OCH3 is 2. The summed E-state index contributed by atoms with van der Waals surface area (Å²) < 4.78 is 31.6. The maximum atomic E-state index is 13.5. The monoisotopic (exact) mass is 586 g/mol. The molecule has 0 aromatic heterocycles. The van der Waals surface area contributed by atoms with Gasteiger partial charge in [-0.3, -0.25) is 4.79 Å². The first kappa shape index (κ1) is 31.4. The summed E-state index contributed by atoms with van der Waals surface area (Å²) in [5.41, 5.74) is 1.09. The fraction of sp³-hybridized carbons (Fsp3) is 0.750. The average molecular weight is 588 g/mol. The van der Waals surface area contributed by atoms with Crippen LogP contribution in [0, 0.1) is 11.8 Å². The topological polar surface area (TPSA) is 63.2 Å². The van der Waals surface area contributed by atoms with E-state index in [1.165, 1.54) is 0 Å². The molecule has 0 spiro atoms. The Hall–Kier alpha value is -0.773. The van der Waals surface area contributed by atoms with Crippen molar-refractivity contribution in [1.82, 2.24) is 0 Å². The van der Waals surface area contributed by atoms with Crippen LogP contribution in [0.4, 0.5) is 0 Å². The molecule has 0 aliphatic carbocycles. The fourth-order valence-electron chi connectivity index (χ4n) is 4.65. The first-order valence-electron chi connectivity index (χ1n) is 12.9. The van der Waals surface area contributed by atoms with Crippen LogP contribution < -0.4 is 0 Å². The lowest BCUT2D eigenvalue weighted by Gasteiger charge is -2.52. The van der Waals surface area contributed by atoms with Gasteiger partial charge in [0.1, 0.15) is 12.0 Å². The van der Waals surface area contributed by atoms with Crippen molar-refractivity contribution in [3.8, 4) is 0 Å². The molecule has 0 saturated carbocycles. The first-order valence-corrected chi connectivity index (χ1v) is 16.8. The van der Waals surface area contributed by atoms with Gasteiger partial charge in [0.2, 0.25) is 0 Å². The molecule has 0 unspecified atom stereocenters. The zero-order valence-corrected chi connectivity index (χ0v) is 26.4. The molecule has 36 heavy (non-hydrogen) atoms. The Bertz CT molecular complexity index is 832. The third-order valence-corrected chi connectivity index (χ3v) is 13.0. The zero-order chi connectivity index (χ0) is 27.3. The van der Waals surface area contributed by atoms with E-state index in [1.807, 2.05) is 32.1 Å². The second-order valence-electron chi connectivity index (χ2n) is 11.8. The maximum Gasteiger partial charge on any atom is 0.314 e. The lowest BCUT2D eigenvalue weighted by molar-refractivity contribution is -0.319. The number of cyclic esters (lactones) is 1. The Morgan fingerprint density at radius 3 is 2.42 bits per heavy atom. The Kier molecular flexibility index (Phi) is 11.2. The highest BCUT2D eigenvalue weighted by Crippen LogP contribution is 2.46. The summed E-state index contributed by atoms with van der Waals surface area (Å²) in [6, 6.07) is 0. The summed E-state index contributed by atoms with van der Waals surface area (Å²) in [5.74, 6) is -2.03. The molecule has 0 N–H and O–H groups in total. The largest absolute Gasteiger partial charge is 0.457 e. The number of hydrogen-bond acceptors (Lipinski definition) is 6. The molecule has 2 rings (SSSR count). The van der Waals surface area contributed by atoms with E-state index in [1.54, 1.807) is 19.2 Å².